The van der Waals surface area contributed by atoms with Gasteiger partial charge >= 0.3 is 0 Å². The van der Waals surface area contributed by atoms with Gasteiger partial charge in [-0.2, -0.15) is 5.26 Å². The van der Waals surface area contributed by atoms with E-state index in [1.165, 1.54) is 0 Å². The summed E-state index contributed by atoms with van der Waals surface area (Å²) in [4.78, 5) is 0. The summed E-state index contributed by atoms with van der Waals surface area (Å²) in [5.74, 6) is 0. The van der Waals surface area contributed by atoms with E-state index < -0.39 is 0 Å². The molecule has 0 aliphatic heterocycles. The molecule has 3 heteroatoms. The summed E-state index contributed by atoms with van der Waals surface area (Å²) in [6, 6.07) is 1.88. The fourth-order valence-electron chi connectivity index (χ4n) is 0.290. The molecule has 2 N–H and O–H groups in total. The van der Waals surface area contributed by atoms with Gasteiger partial charge in [-0.25, -0.2) is 0 Å². The lowest BCUT2D eigenvalue weighted by Gasteiger charge is -2.00. The average molecular weight is 114 g/mol. The molecule has 0 aromatic heterocycles. The van der Waals surface area contributed by atoms with Gasteiger partial charge in [-0.3, -0.25) is 0 Å². The van der Waals surface area contributed by atoms with Crippen LogP contribution >= 0.6 is 0 Å². The Morgan fingerprint density at radius 3 is 2.88 bits per heavy atom. The van der Waals surface area contributed by atoms with Crippen molar-refractivity contribution in [3.63, 3.8) is 0 Å². The van der Waals surface area contributed by atoms with Crippen molar-refractivity contribution in [1.82, 2.24) is 0 Å². The summed E-state index contributed by atoms with van der Waals surface area (Å²) in [7, 11) is 0. The summed E-state index contributed by atoms with van der Waals surface area (Å²) in [6.07, 6.45) is 0. The molecule has 0 saturated heterocycles. The Bertz CT molecular complexity index is 84.9. The molecule has 0 rings (SSSR count). The van der Waals surface area contributed by atoms with E-state index in [4.69, 9.17) is 15.7 Å². The lowest BCUT2D eigenvalue weighted by atomic mass is 10.4. The molecule has 0 fully saturated rings. The molecule has 0 unspecified atom stereocenters. The predicted molar refractivity (Wildman–Crippen MR) is 30.1 cm³/mol. The van der Waals surface area contributed by atoms with Crippen LogP contribution in [0.1, 0.15) is 6.92 Å². The van der Waals surface area contributed by atoms with Gasteiger partial charge < -0.3 is 10.5 Å². The zero-order chi connectivity index (χ0) is 6.41. The van der Waals surface area contributed by atoms with E-state index in [-0.39, 0.29) is 12.6 Å². The van der Waals surface area contributed by atoms with Gasteiger partial charge in [-0.05, 0) is 6.92 Å². The molecule has 0 radical (unpaired) electrons. The highest BCUT2D eigenvalue weighted by atomic mass is 16.5. The Kier molecular flexibility index (Phi) is 4.23. The average Bonchev–Trinajstić information content (AvgIpc) is 1.66. The summed E-state index contributed by atoms with van der Waals surface area (Å²) in [5.41, 5.74) is 5.30. The summed E-state index contributed by atoms with van der Waals surface area (Å²) < 4.78 is 4.76. The quantitative estimate of drug-likeness (QED) is 0.520. The zero-order valence-corrected chi connectivity index (χ0v) is 4.92. The van der Waals surface area contributed by atoms with Crippen LogP contribution in [0.4, 0.5) is 0 Å². The van der Waals surface area contributed by atoms with Crippen molar-refractivity contribution in [1.29, 1.82) is 5.26 Å². The van der Waals surface area contributed by atoms with Gasteiger partial charge in [0.25, 0.3) is 0 Å². The number of ether oxygens (including phenoxy) is 1. The van der Waals surface area contributed by atoms with Gasteiger partial charge in [0, 0.05) is 6.04 Å². The fraction of sp³-hybridized carbons (Fsp3) is 0.800. The number of hydrogen-bond donors (Lipinski definition) is 1. The number of nitriles is 1. The first-order valence-corrected chi connectivity index (χ1v) is 2.47. The third kappa shape index (κ3) is 5.41. The zero-order valence-electron chi connectivity index (χ0n) is 4.92. The van der Waals surface area contributed by atoms with Gasteiger partial charge in [0.1, 0.15) is 6.61 Å². The monoisotopic (exact) mass is 114 g/mol. The molecule has 0 bridgehead atoms. The number of nitrogens with zero attached hydrogens (tertiary/aromatic N) is 1. The molecule has 0 saturated carbocycles. The SMILES string of the molecule is C[C@H](N)COCC#N. The normalized spacial score (nSPS) is 12.6. The second-order valence-electron chi connectivity index (χ2n) is 1.65. The highest BCUT2D eigenvalue weighted by Gasteiger charge is 1.90. The van der Waals surface area contributed by atoms with E-state index in [0.717, 1.165) is 0 Å². The van der Waals surface area contributed by atoms with Crippen LogP contribution in [0, 0.1) is 11.3 Å². The maximum atomic E-state index is 7.96. The van der Waals surface area contributed by atoms with Crippen molar-refractivity contribution in [3.05, 3.63) is 0 Å². The van der Waals surface area contributed by atoms with Crippen LogP contribution in [0.2, 0.25) is 0 Å². The molecule has 0 aliphatic carbocycles. The molecular formula is C5H10N2O. The molecule has 1 atom stereocenters. The largest absolute Gasteiger partial charge is 0.365 e. The second kappa shape index (κ2) is 4.57. The third-order valence-corrected chi connectivity index (χ3v) is 0.547. The predicted octanol–water partition coefficient (Wildman–Crippen LogP) is -0.126. The Balaban J connectivity index is 2.85. The van der Waals surface area contributed by atoms with Gasteiger partial charge in [0.2, 0.25) is 0 Å². The molecule has 0 aromatic carbocycles. The Morgan fingerprint density at radius 2 is 2.50 bits per heavy atom. The van der Waals surface area contributed by atoms with Crippen LogP contribution in [-0.2, 0) is 4.74 Å². The van der Waals surface area contributed by atoms with Crippen molar-refractivity contribution in [2.45, 2.75) is 13.0 Å². The van der Waals surface area contributed by atoms with Crippen LogP contribution < -0.4 is 5.73 Å². The smallest absolute Gasteiger partial charge is 0.133 e. The van der Waals surface area contributed by atoms with E-state index in [2.05, 4.69) is 0 Å². The maximum Gasteiger partial charge on any atom is 0.133 e. The first-order chi connectivity index (χ1) is 3.77. The van der Waals surface area contributed by atoms with Crippen molar-refractivity contribution >= 4 is 0 Å². The van der Waals surface area contributed by atoms with E-state index in [0.29, 0.717) is 6.61 Å². The molecule has 3 nitrogen and oxygen atoms in total. The molecular weight excluding hydrogens is 104 g/mol. The maximum absolute atomic E-state index is 7.96. The summed E-state index contributed by atoms with van der Waals surface area (Å²) in [5, 5.41) is 7.96. The van der Waals surface area contributed by atoms with Crippen molar-refractivity contribution in [3.8, 4) is 6.07 Å². The number of nitrogens with two attached hydrogens (primary N) is 1. The Morgan fingerprint density at radius 1 is 1.88 bits per heavy atom. The van der Waals surface area contributed by atoms with Gasteiger partial charge in [0.05, 0.1) is 12.7 Å². The molecule has 46 valence electrons. The topological polar surface area (TPSA) is 59.0 Å². The highest BCUT2D eigenvalue weighted by Crippen LogP contribution is 1.76. The van der Waals surface area contributed by atoms with Gasteiger partial charge in [0.15, 0.2) is 0 Å². The van der Waals surface area contributed by atoms with Crippen LogP contribution in [0.3, 0.4) is 0 Å². The third-order valence-electron chi connectivity index (χ3n) is 0.547. The second-order valence-corrected chi connectivity index (χ2v) is 1.65. The number of hydrogen-bond acceptors (Lipinski definition) is 3. The minimum Gasteiger partial charge on any atom is -0.365 e. The molecule has 8 heavy (non-hydrogen) atoms. The molecule has 0 aliphatic rings. The van der Waals surface area contributed by atoms with E-state index in [1.807, 2.05) is 13.0 Å². The molecule has 0 spiro atoms. The summed E-state index contributed by atoms with van der Waals surface area (Å²) in [6.45, 7) is 2.44. The first kappa shape index (κ1) is 7.41. The van der Waals surface area contributed by atoms with Crippen molar-refractivity contribution in [2.24, 2.45) is 5.73 Å². The number of rotatable bonds is 3. The fourth-order valence-corrected chi connectivity index (χ4v) is 0.290. The van der Waals surface area contributed by atoms with E-state index >= 15 is 0 Å². The minimum absolute atomic E-state index is 0.0309. The van der Waals surface area contributed by atoms with Crippen LogP contribution in [-0.4, -0.2) is 19.3 Å². The van der Waals surface area contributed by atoms with E-state index in [1.54, 1.807) is 0 Å². The van der Waals surface area contributed by atoms with Crippen LogP contribution in [0.15, 0.2) is 0 Å². The highest BCUT2D eigenvalue weighted by molar-refractivity contribution is 4.66. The van der Waals surface area contributed by atoms with Crippen LogP contribution in [0.25, 0.3) is 0 Å². The van der Waals surface area contributed by atoms with E-state index in [9.17, 15) is 0 Å². The van der Waals surface area contributed by atoms with Crippen molar-refractivity contribution in [2.75, 3.05) is 13.2 Å². The molecule has 0 aromatic rings. The first-order valence-electron chi connectivity index (χ1n) is 2.47. The van der Waals surface area contributed by atoms with Gasteiger partial charge in [-0.15, -0.1) is 0 Å². The lowest BCUT2D eigenvalue weighted by molar-refractivity contribution is 0.154. The summed E-state index contributed by atoms with van der Waals surface area (Å²) >= 11 is 0. The minimum atomic E-state index is 0.0309. The van der Waals surface area contributed by atoms with Crippen molar-refractivity contribution < 1.29 is 4.74 Å². The Labute approximate surface area is 49.0 Å². The standard InChI is InChI=1S/C5H10N2O/c1-5(7)4-8-3-2-6/h5H,3-4,7H2,1H3/t5-/m0/s1. The Hall–Kier alpha value is -0.590. The van der Waals surface area contributed by atoms with Gasteiger partial charge in [-0.1, -0.05) is 0 Å². The molecule has 0 amide bonds. The lowest BCUT2D eigenvalue weighted by Crippen LogP contribution is -2.21. The van der Waals surface area contributed by atoms with Crippen LogP contribution in [0.5, 0.6) is 0 Å². The molecule has 0 heterocycles.